The number of halogens is 1. The minimum atomic E-state index is 0.420. The average Bonchev–Trinajstić information content (AvgIpc) is 2.90. The molecule has 2 aromatic rings. The van der Waals surface area contributed by atoms with E-state index in [1.54, 1.807) is 6.26 Å². The zero-order chi connectivity index (χ0) is 13.7. The molecule has 0 unspecified atom stereocenters. The second-order valence-corrected chi connectivity index (χ2v) is 5.07. The third-order valence-electron chi connectivity index (χ3n) is 2.29. The Morgan fingerprint density at radius 3 is 2.84 bits per heavy atom. The Morgan fingerprint density at radius 1 is 1.32 bits per heavy atom. The number of rotatable bonds is 3. The normalized spacial score (nSPS) is 11.2. The van der Waals surface area contributed by atoms with E-state index in [0.717, 1.165) is 15.9 Å². The van der Waals surface area contributed by atoms with Gasteiger partial charge in [0.15, 0.2) is 5.11 Å². The summed E-state index contributed by atoms with van der Waals surface area (Å²) in [6, 6.07) is 11.4. The molecule has 0 aliphatic heterocycles. The Bertz CT molecular complexity index is 596. The fraction of sp³-hybridized carbons (Fsp3) is 0.0769. The van der Waals surface area contributed by atoms with Crippen LogP contribution in [0.15, 0.2) is 56.7 Å². The Labute approximate surface area is 125 Å². The van der Waals surface area contributed by atoms with Gasteiger partial charge in [-0.1, -0.05) is 22.0 Å². The highest BCUT2D eigenvalue weighted by Crippen LogP contribution is 2.15. The van der Waals surface area contributed by atoms with Crippen molar-refractivity contribution < 1.29 is 4.42 Å². The highest BCUT2D eigenvalue weighted by Gasteiger charge is 2.01. The summed E-state index contributed by atoms with van der Waals surface area (Å²) in [6.45, 7) is 1.84. The lowest BCUT2D eigenvalue weighted by Crippen LogP contribution is -2.24. The Balaban J connectivity index is 1.93. The summed E-state index contributed by atoms with van der Waals surface area (Å²) in [7, 11) is 0. The van der Waals surface area contributed by atoms with E-state index in [1.807, 2.05) is 43.3 Å². The quantitative estimate of drug-likeness (QED) is 0.508. The summed E-state index contributed by atoms with van der Waals surface area (Å²) in [4.78, 5) is 0. The lowest BCUT2D eigenvalue weighted by Gasteiger charge is -2.07. The summed E-state index contributed by atoms with van der Waals surface area (Å²) < 4.78 is 6.20. The molecule has 0 saturated heterocycles. The largest absolute Gasteiger partial charge is 0.463 e. The molecule has 0 saturated carbocycles. The van der Waals surface area contributed by atoms with Gasteiger partial charge in [-0.05, 0) is 49.5 Å². The highest BCUT2D eigenvalue weighted by atomic mass is 79.9. The van der Waals surface area contributed by atoms with Crippen LogP contribution in [-0.4, -0.2) is 10.8 Å². The lowest BCUT2D eigenvalue weighted by atomic mass is 10.3. The van der Waals surface area contributed by atoms with Gasteiger partial charge in [-0.15, -0.1) is 0 Å². The zero-order valence-electron chi connectivity index (χ0n) is 10.2. The maximum atomic E-state index is 5.22. The van der Waals surface area contributed by atoms with Crippen LogP contribution < -0.4 is 10.7 Å². The molecule has 2 N–H and O–H groups in total. The van der Waals surface area contributed by atoms with Crippen LogP contribution in [-0.2, 0) is 0 Å². The number of benzene rings is 1. The van der Waals surface area contributed by atoms with Crippen molar-refractivity contribution in [1.29, 1.82) is 0 Å². The molecule has 0 spiro atoms. The molecule has 0 aliphatic rings. The minimum Gasteiger partial charge on any atom is -0.463 e. The maximum absolute atomic E-state index is 5.22. The van der Waals surface area contributed by atoms with Crippen LogP contribution in [0, 0.1) is 0 Å². The summed E-state index contributed by atoms with van der Waals surface area (Å²) in [6.07, 6.45) is 1.60. The number of nitrogens with one attached hydrogen (secondary N) is 2. The number of hydrogen-bond donors (Lipinski definition) is 2. The van der Waals surface area contributed by atoms with Crippen molar-refractivity contribution in [3.05, 3.63) is 52.9 Å². The van der Waals surface area contributed by atoms with Crippen molar-refractivity contribution in [3.8, 4) is 0 Å². The Morgan fingerprint density at radius 2 is 2.16 bits per heavy atom. The first kappa shape index (κ1) is 13.8. The topological polar surface area (TPSA) is 49.6 Å². The first-order chi connectivity index (χ1) is 9.15. The molecule has 0 aliphatic carbocycles. The molecule has 1 aromatic heterocycles. The smallest absolute Gasteiger partial charge is 0.191 e. The highest BCUT2D eigenvalue weighted by molar-refractivity contribution is 9.10. The van der Waals surface area contributed by atoms with Gasteiger partial charge in [-0.25, -0.2) is 0 Å². The van der Waals surface area contributed by atoms with Crippen molar-refractivity contribution in [3.63, 3.8) is 0 Å². The van der Waals surface area contributed by atoms with E-state index >= 15 is 0 Å². The van der Waals surface area contributed by atoms with E-state index in [1.165, 1.54) is 0 Å². The zero-order valence-corrected chi connectivity index (χ0v) is 12.6. The van der Waals surface area contributed by atoms with E-state index < -0.39 is 0 Å². The second-order valence-electron chi connectivity index (χ2n) is 3.75. The van der Waals surface area contributed by atoms with Crippen LogP contribution in [0.4, 0.5) is 5.69 Å². The summed E-state index contributed by atoms with van der Waals surface area (Å²) in [5.74, 6) is 0.706. The number of anilines is 1. The van der Waals surface area contributed by atoms with E-state index in [4.69, 9.17) is 16.6 Å². The monoisotopic (exact) mass is 337 g/mol. The molecule has 0 bridgehead atoms. The van der Waals surface area contributed by atoms with Crippen molar-refractivity contribution in [2.45, 2.75) is 6.92 Å². The Kier molecular flexibility index (Phi) is 4.70. The average molecular weight is 338 g/mol. The molecular weight excluding hydrogens is 326 g/mol. The molecule has 1 heterocycles. The minimum absolute atomic E-state index is 0.420. The predicted octanol–water partition coefficient (Wildman–Crippen LogP) is 3.75. The van der Waals surface area contributed by atoms with Crippen LogP contribution in [0.25, 0.3) is 0 Å². The van der Waals surface area contributed by atoms with Gasteiger partial charge in [0.25, 0.3) is 0 Å². The van der Waals surface area contributed by atoms with Crippen molar-refractivity contribution in [2.24, 2.45) is 5.10 Å². The fourth-order valence-corrected chi connectivity index (χ4v) is 1.96. The summed E-state index contributed by atoms with van der Waals surface area (Å²) in [5, 5.41) is 7.60. The number of hydrazone groups is 1. The molecule has 19 heavy (non-hydrogen) atoms. The number of furan rings is 1. The number of hydrogen-bond acceptors (Lipinski definition) is 3. The molecule has 1 aromatic carbocycles. The van der Waals surface area contributed by atoms with Gasteiger partial charge >= 0.3 is 0 Å². The first-order valence-electron chi connectivity index (χ1n) is 5.56. The molecule has 0 atom stereocenters. The van der Waals surface area contributed by atoms with Gasteiger partial charge in [0, 0.05) is 10.2 Å². The second kappa shape index (κ2) is 6.49. The van der Waals surface area contributed by atoms with Crippen LogP contribution in [0.5, 0.6) is 0 Å². The lowest BCUT2D eigenvalue weighted by molar-refractivity contribution is 0.556. The number of nitrogens with zero attached hydrogens (tertiary/aromatic N) is 1. The van der Waals surface area contributed by atoms with Gasteiger partial charge in [-0.3, -0.25) is 5.43 Å². The van der Waals surface area contributed by atoms with Gasteiger partial charge < -0.3 is 9.73 Å². The molecule has 0 amide bonds. The van der Waals surface area contributed by atoms with Crippen LogP contribution >= 0.6 is 28.1 Å². The molecule has 0 radical (unpaired) electrons. The molecule has 4 nitrogen and oxygen atoms in total. The van der Waals surface area contributed by atoms with Crippen LogP contribution in [0.1, 0.15) is 12.7 Å². The van der Waals surface area contributed by atoms with Crippen LogP contribution in [0.3, 0.4) is 0 Å². The van der Waals surface area contributed by atoms with Gasteiger partial charge in [0.1, 0.15) is 11.5 Å². The Hall–Kier alpha value is -1.66. The van der Waals surface area contributed by atoms with E-state index in [-0.39, 0.29) is 0 Å². The predicted molar refractivity (Wildman–Crippen MR) is 84.4 cm³/mol. The standard InChI is InChI=1S/C13H12BrN3OS/c1-9(12-6-3-7-18-12)16-17-13(19)15-11-5-2-4-10(14)8-11/h2-8H,1H3,(H2,15,17,19)/b16-9-. The third-order valence-corrected chi connectivity index (χ3v) is 2.97. The molecule has 98 valence electrons. The fourth-order valence-electron chi connectivity index (χ4n) is 1.40. The maximum Gasteiger partial charge on any atom is 0.191 e. The summed E-state index contributed by atoms with van der Waals surface area (Å²) in [5.41, 5.74) is 4.38. The molecule has 6 heteroatoms. The van der Waals surface area contributed by atoms with Crippen molar-refractivity contribution >= 4 is 44.7 Å². The molecule has 0 fully saturated rings. The van der Waals surface area contributed by atoms with Gasteiger partial charge in [0.2, 0.25) is 0 Å². The first-order valence-corrected chi connectivity index (χ1v) is 6.76. The van der Waals surface area contributed by atoms with E-state index in [2.05, 4.69) is 31.8 Å². The van der Waals surface area contributed by atoms with Gasteiger partial charge in [-0.2, -0.15) is 5.10 Å². The van der Waals surface area contributed by atoms with Crippen LogP contribution in [0.2, 0.25) is 0 Å². The third kappa shape index (κ3) is 4.18. The SMILES string of the molecule is C/C(=N/NC(=S)Nc1cccc(Br)c1)c1ccco1. The number of thiocarbonyl (C=S) groups is 1. The van der Waals surface area contributed by atoms with Gasteiger partial charge in [0.05, 0.1) is 6.26 Å². The summed E-state index contributed by atoms with van der Waals surface area (Å²) >= 11 is 8.55. The van der Waals surface area contributed by atoms with Crippen molar-refractivity contribution in [2.75, 3.05) is 5.32 Å². The molecule has 2 rings (SSSR count). The van der Waals surface area contributed by atoms with E-state index in [0.29, 0.717) is 10.9 Å². The molecular formula is C13H12BrN3OS. The van der Waals surface area contributed by atoms with Crippen molar-refractivity contribution in [1.82, 2.24) is 5.43 Å². The van der Waals surface area contributed by atoms with E-state index in [9.17, 15) is 0 Å².